The van der Waals surface area contributed by atoms with Crippen molar-refractivity contribution >= 4 is 27.0 Å². The number of H-pyrrole nitrogens is 1. The van der Waals surface area contributed by atoms with Gasteiger partial charge in [0.2, 0.25) is 16.0 Å². The first-order chi connectivity index (χ1) is 7.61. The number of hydrogen-bond acceptors (Lipinski definition) is 4. The highest BCUT2D eigenvalue weighted by Crippen LogP contribution is 2.13. The van der Waals surface area contributed by atoms with E-state index in [4.69, 9.17) is 5.73 Å². The van der Waals surface area contributed by atoms with E-state index in [1.165, 1.54) is 0 Å². The number of benzene rings is 1. The van der Waals surface area contributed by atoms with Crippen LogP contribution in [-0.2, 0) is 10.0 Å². The monoisotopic (exact) mass is 240 g/mol. The van der Waals surface area contributed by atoms with Crippen LogP contribution < -0.4 is 10.5 Å². The van der Waals surface area contributed by atoms with Crippen molar-refractivity contribution < 1.29 is 8.42 Å². The first-order valence-electron chi connectivity index (χ1n) is 4.76. The van der Waals surface area contributed by atoms with Crippen LogP contribution in [0.3, 0.4) is 0 Å². The molecule has 0 fully saturated rings. The quantitative estimate of drug-likeness (QED) is 0.713. The van der Waals surface area contributed by atoms with Gasteiger partial charge in [0, 0.05) is 6.54 Å². The molecule has 0 unspecified atom stereocenters. The standard InChI is InChI=1S/C9H12N4O2S/c10-5-6-16(14,15)13-9-11-7-3-1-2-4-8(7)12-9/h1-4H,5-6,10H2,(H2,11,12,13). The van der Waals surface area contributed by atoms with Gasteiger partial charge in [0.05, 0.1) is 16.8 Å². The molecule has 1 aromatic heterocycles. The fourth-order valence-corrected chi connectivity index (χ4v) is 2.16. The minimum absolute atomic E-state index is 0.0789. The van der Waals surface area contributed by atoms with Crippen LogP contribution in [0.25, 0.3) is 11.0 Å². The second kappa shape index (κ2) is 4.11. The van der Waals surface area contributed by atoms with Crippen molar-refractivity contribution in [2.75, 3.05) is 17.0 Å². The third-order valence-corrected chi connectivity index (χ3v) is 3.31. The predicted molar refractivity (Wildman–Crippen MR) is 62.6 cm³/mol. The second-order valence-corrected chi connectivity index (χ2v) is 5.15. The van der Waals surface area contributed by atoms with E-state index in [1.54, 1.807) is 6.07 Å². The van der Waals surface area contributed by atoms with Crippen LogP contribution in [0.15, 0.2) is 24.3 Å². The number of fused-ring (bicyclic) bond motifs is 1. The summed E-state index contributed by atoms with van der Waals surface area (Å²) in [6.07, 6.45) is 0. The highest BCUT2D eigenvalue weighted by molar-refractivity contribution is 7.92. The van der Waals surface area contributed by atoms with Crippen LogP contribution in [0.1, 0.15) is 0 Å². The van der Waals surface area contributed by atoms with E-state index in [-0.39, 0.29) is 18.2 Å². The number of anilines is 1. The summed E-state index contributed by atoms with van der Waals surface area (Å²) in [5.74, 6) is 0.0963. The molecule has 4 N–H and O–H groups in total. The maximum atomic E-state index is 11.4. The number of nitrogens with zero attached hydrogens (tertiary/aromatic N) is 1. The van der Waals surface area contributed by atoms with E-state index < -0.39 is 10.0 Å². The summed E-state index contributed by atoms with van der Waals surface area (Å²) in [4.78, 5) is 6.96. The summed E-state index contributed by atoms with van der Waals surface area (Å²) < 4.78 is 25.2. The number of sulfonamides is 1. The van der Waals surface area contributed by atoms with Gasteiger partial charge in [-0.1, -0.05) is 12.1 Å². The van der Waals surface area contributed by atoms with Crippen LogP contribution in [0.2, 0.25) is 0 Å². The van der Waals surface area contributed by atoms with Gasteiger partial charge < -0.3 is 10.7 Å². The molecule has 6 nitrogen and oxygen atoms in total. The zero-order chi connectivity index (χ0) is 11.6. The number of aromatic amines is 1. The molecular weight excluding hydrogens is 228 g/mol. The molecule has 0 aliphatic rings. The number of nitrogens with two attached hydrogens (primary N) is 1. The van der Waals surface area contributed by atoms with Crippen LogP contribution >= 0.6 is 0 Å². The summed E-state index contributed by atoms with van der Waals surface area (Å²) in [6.45, 7) is 0.0789. The molecule has 0 aliphatic carbocycles. The molecule has 7 heteroatoms. The van der Waals surface area contributed by atoms with Gasteiger partial charge in [-0.15, -0.1) is 0 Å². The molecule has 0 aliphatic heterocycles. The summed E-state index contributed by atoms with van der Waals surface area (Å²) in [7, 11) is -3.40. The lowest BCUT2D eigenvalue weighted by Crippen LogP contribution is -2.22. The number of nitrogens with one attached hydrogen (secondary N) is 2. The van der Waals surface area contributed by atoms with Gasteiger partial charge in [-0.3, -0.25) is 4.72 Å². The van der Waals surface area contributed by atoms with E-state index in [1.807, 2.05) is 18.2 Å². The maximum Gasteiger partial charge on any atom is 0.236 e. The Morgan fingerprint density at radius 3 is 2.81 bits per heavy atom. The summed E-state index contributed by atoms with van der Waals surface area (Å²) >= 11 is 0. The van der Waals surface area contributed by atoms with Crippen molar-refractivity contribution in [3.8, 4) is 0 Å². The molecule has 1 heterocycles. The van der Waals surface area contributed by atoms with Crippen molar-refractivity contribution in [3.63, 3.8) is 0 Å². The Morgan fingerprint density at radius 2 is 2.12 bits per heavy atom. The molecule has 86 valence electrons. The van der Waals surface area contributed by atoms with Crippen molar-refractivity contribution in [3.05, 3.63) is 24.3 Å². The van der Waals surface area contributed by atoms with E-state index in [2.05, 4.69) is 14.7 Å². The van der Waals surface area contributed by atoms with Crippen molar-refractivity contribution in [1.29, 1.82) is 0 Å². The highest BCUT2D eigenvalue weighted by Gasteiger charge is 2.11. The third kappa shape index (κ3) is 2.31. The van der Waals surface area contributed by atoms with E-state index in [0.717, 1.165) is 5.52 Å². The Kier molecular flexibility index (Phi) is 2.80. The fraction of sp³-hybridized carbons (Fsp3) is 0.222. The number of hydrogen-bond donors (Lipinski definition) is 3. The SMILES string of the molecule is NCCS(=O)(=O)Nc1nc2ccccc2[nH]1. The lowest BCUT2D eigenvalue weighted by molar-refractivity contribution is 0.600. The molecule has 1 aromatic carbocycles. The van der Waals surface area contributed by atoms with Crippen LogP contribution in [0.4, 0.5) is 5.95 Å². The second-order valence-electron chi connectivity index (χ2n) is 3.31. The third-order valence-electron chi connectivity index (χ3n) is 2.03. The fourth-order valence-electron chi connectivity index (χ4n) is 1.35. The highest BCUT2D eigenvalue weighted by atomic mass is 32.2. The number of rotatable bonds is 4. The van der Waals surface area contributed by atoms with Crippen molar-refractivity contribution in [2.45, 2.75) is 0 Å². The number of imidazole rings is 1. The summed E-state index contributed by atoms with van der Waals surface area (Å²) in [5, 5.41) is 0. The lowest BCUT2D eigenvalue weighted by atomic mass is 10.3. The Bertz CT molecular complexity index is 557. The smallest absolute Gasteiger partial charge is 0.236 e. The van der Waals surface area contributed by atoms with Gasteiger partial charge in [0.25, 0.3) is 0 Å². The number of para-hydroxylation sites is 2. The summed E-state index contributed by atoms with van der Waals surface area (Å²) in [6, 6.07) is 7.30. The molecule has 0 saturated heterocycles. The van der Waals surface area contributed by atoms with Crippen molar-refractivity contribution in [1.82, 2.24) is 9.97 Å². The Labute approximate surface area is 92.9 Å². The zero-order valence-corrected chi connectivity index (χ0v) is 9.29. The van der Waals surface area contributed by atoms with Gasteiger partial charge in [-0.25, -0.2) is 13.4 Å². The Hall–Kier alpha value is -1.60. The topological polar surface area (TPSA) is 101 Å². The average Bonchev–Trinajstić information content (AvgIpc) is 2.58. The van der Waals surface area contributed by atoms with Crippen LogP contribution in [-0.4, -0.2) is 30.7 Å². The van der Waals surface area contributed by atoms with E-state index in [0.29, 0.717) is 5.52 Å². The molecule has 2 rings (SSSR count). The largest absolute Gasteiger partial charge is 0.329 e. The minimum Gasteiger partial charge on any atom is -0.329 e. The first-order valence-corrected chi connectivity index (χ1v) is 6.41. The van der Waals surface area contributed by atoms with E-state index in [9.17, 15) is 8.42 Å². The Morgan fingerprint density at radius 1 is 1.38 bits per heavy atom. The molecule has 16 heavy (non-hydrogen) atoms. The van der Waals surface area contributed by atoms with Gasteiger partial charge in [-0.2, -0.15) is 0 Å². The Balaban J connectivity index is 2.28. The predicted octanol–water partition coefficient (Wildman–Crippen LogP) is 0.263. The molecule has 0 bridgehead atoms. The molecule has 0 saturated carbocycles. The molecular formula is C9H12N4O2S. The zero-order valence-electron chi connectivity index (χ0n) is 8.47. The number of aromatic nitrogens is 2. The van der Waals surface area contributed by atoms with Gasteiger partial charge >= 0.3 is 0 Å². The molecule has 0 radical (unpaired) electrons. The lowest BCUT2D eigenvalue weighted by Gasteiger charge is -2.02. The maximum absolute atomic E-state index is 11.4. The molecule has 0 spiro atoms. The van der Waals surface area contributed by atoms with Crippen molar-refractivity contribution in [2.24, 2.45) is 5.73 Å². The van der Waals surface area contributed by atoms with Gasteiger partial charge in [0.1, 0.15) is 0 Å². The average molecular weight is 240 g/mol. The molecule has 0 amide bonds. The van der Waals surface area contributed by atoms with Gasteiger partial charge in [0.15, 0.2) is 0 Å². The minimum atomic E-state index is -3.40. The van der Waals surface area contributed by atoms with Crippen LogP contribution in [0, 0.1) is 0 Å². The normalized spacial score (nSPS) is 11.8. The molecule has 2 aromatic rings. The van der Waals surface area contributed by atoms with E-state index >= 15 is 0 Å². The van der Waals surface area contributed by atoms with Crippen LogP contribution in [0.5, 0.6) is 0 Å². The molecule has 0 atom stereocenters. The summed E-state index contributed by atoms with van der Waals surface area (Å²) in [5.41, 5.74) is 6.69. The van der Waals surface area contributed by atoms with Gasteiger partial charge in [-0.05, 0) is 12.1 Å². The first kappa shape index (κ1) is 10.9.